The molecule has 0 fully saturated rings. The number of rotatable bonds is 38. The number of amides is 3. The Morgan fingerprint density at radius 3 is 1.58 bits per heavy atom. The molecule has 64 heavy (non-hydrogen) atoms. The molecule has 0 bridgehead atoms. The average molecular weight is 933 g/mol. The van der Waals surface area contributed by atoms with Crippen LogP contribution in [0.25, 0.3) is 0 Å². The summed E-state index contributed by atoms with van der Waals surface area (Å²) in [6.07, 6.45) is 20.0. The molecular weight excluding hydrogens is 844 g/mol. The molecule has 1 atom stereocenters. The second-order valence-electron chi connectivity index (χ2n) is 19.5. The number of hydrogen-bond donors (Lipinski definition) is 5. The number of esters is 1. The van der Waals surface area contributed by atoms with Crippen LogP contribution < -0.4 is 21.7 Å². The first kappa shape index (κ1) is 61.0. The summed E-state index contributed by atoms with van der Waals surface area (Å²) in [4.78, 5) is 60.7. The number of aliphatic carboxylic acids is 1. The van der Waals surface area contributed by atoms with Gasteiger partial charge in [0, 0.05) is 25.9 Å². The number of carbonyl (C=O) groups excluding carboxylic acids is 4. The third kappa shape index (κ3) is 39.3. The molecule has 0 radical (unpaired) electrons. The SMILES string of the molecule is CC(C)(C)OC(=O)[C@H](CCC(=O)NCCOCCOCC(=O)NCCC/C=C(/N)C(=O)O)NC(=O)CCCCCCCCCCCCCCCCCP(=O)(OC(C)(C)C)OC(C)(C)C. The van der Waals surface area contributed by atoms with E-state index in [2.05, 4.69) is 16.0 Å². The molecule has 0 aliphatic heterocycles. The smallest absolute Gasteiger partial charge is 0.351 e. The highest BCUT2D eigenvalue weighted by atomic mass is 31.2. The Labute approximate surface area is 385 Å². The van der Waals surface area contributed by atoms with Crippen LogP contribution in [0.3, 0.4) is 0 Å². The van der Waals surface area contributed by atoms with Gasteiger partial charge in [-0.2, -0.15) is 0 Å². The van der Waals surface area contributed by atoms with Crippen LogP contribution in [-0.4, -0.2) is 103 Å². The van der Waals surface area contributed by atoms with Gasteiger partial charge in [0.05, 0.1) is 37.2 Å². The van der Waals surface area contributed by atoms with Gasteiger partial charge in [-0.1, -0.05) is 89.5 Å². The minimum atomic E-state index is -3.14. The highest BCUT2D eigenvalue weighted by Crippen LogP contribution is 2.55. The molecule has 0 aliphatic carbocycles. The van der Waals surface area contributed by atoms with E-state index in [1.54, 1.807) is 20.8 Å². The van der Waals surface area contributed by atoms with Crippen molar-refractivity contribution < 1.29 is 56.9 Å². The van der Waals surface area contributed by atoms with Crippen molar-refractivity contribution >= 4 is 37.3 Å². The number of allylic oxidation sites excluding steroid dienone is 1. The Morgan fingerprint density at radius 2 is 1.08 bits per heavy atom. The highest BCUT2D eigenvalue weighted by Gasteiger charge is 2.34. The van der Waals surface area contributed by atoms with Crippen LogP contribution >= 0.6 is 7.60 Å². The van der Waals surface area contributed by atoms with Crippen LogP contribution in [0.5, 0.6) is 0 Å². The molecule has 0 heterocycles. The van der Waals surface area contributed by atoms with E-state index in [0.717, 1.165) is 44.9 Å². The Hall–Kier alpha value is -3.04. The highest BCUT2D eigenvalue weighted by molar-refractivity contribution is 7.53. The van der Waals surface area contributed by atoms with E-state index < -0.39 is 42.4 Å². The van der Waals surface area contributed by atoms with E-state index in [0.29, 0.717) is 32.0 Å². The molecule has 0 aromatic carbocycles. The van der Waals surface area contributed by atoms with Crippen LogP contribution in [0, 0.1) is 0 Å². The summed E-state index contributed by atoms with van der Waals surface area (Å²) >= 11 is 0. The number of carbonyl (C=O) groups is 5. The van der Waals surface area contributed by atoms with Gasteiger partial charge in [0.25, 0.3) is 0 Å². The van der Waals surface area contributed by atoms with Crippen molar-refractivity contribution in [1.82, 2.24) is 16.0 Å². The van der Waals surface area contributed by atoms with Gasteiger partial charge >= 0.3 is 19.5 Å². The molecule has 0 aliphatic rings. The monoisotopic (exact) mass is 933 g/mol. The molecule has 0 rings (SSSR count). The van der Waals surface area contributed by atoms with Crippen molar-refractivity contribution in [3.8, 4) is 0 Å². The first-order valence-corrected chi connectivity index (χ1v) is 25.5. The van der Waals surface area contributed by atoms with Crippen molar-refractivity contribution in [2.45, 2.75) is 214 Å². The van der Waals surface area contributed by atoms with Crippen molar-refractivity contribution in [2.24, 2.45) is 5.73 Å². The Balaban J connectivity index is 4.11. The van der Waals surface area contributed by atoms with Gasteiger partial charge in [-0.05, 0) is 94.4 Å². The first-order valence-electron chi connectivity index (χ1n) is 23.8. The Morgan fingerprint density at radius 1 is 0.594 bits per heavy atom. The van der Waals surface area contributed by atoms with E-state index in [4.69, 9.17) is 34.1 Å². The molecule has 0 saturated heterocycles. The van der Waals surface area contributed by atoms with Gasteiger partial charge in [0.2, 0.25) is 17.7 Å². The summed E-state index contributed by atoms with van der Waals surface area (Å²) in [6, 6.07) is -0.935. The summed E-state index contributed by atoms with van der Waals surface area (Å²) in [6.45, 7) is 17.8. The Kier molecular flexibility index (Phi) is 32.7. The maximum atomic E-state index is 13.3. The predicted octanol–water partition coefficient (Wildman–Crippen LogP) is 8.63. The van der Waals surface area contributed by atoms with E-state index >= 15 is 0 Å². The molecule has 0 aromatic heterocycles. The number of unbranched alkanes of at least 4 members (excludes halogenated alkanes) is 15. The summed E-state index contributed by atoms with van der Waals surface area (Å²) in [7, 11) is -3.14. The van der Waals surface area contributed by atoms with E-state index in [1.807, 2.05) is 41.5 Å². The van der Waals surface area contributed by atoms with Crippen LogP contribution in [0.15, 0.2) is 11.8 Å². The second kappa shape index (κ2) is 34.3. The number of nitrogens with one attached hydrogen (secondary N) is 3. The fraction of sp³-hybridized carbons (Fsp3) is 0.851. The van der Waals surface area contributed by atoms with E-state index in [9.17, 15) is 28.5 Å². The molecule has 374 valence electrons. The number of carboxylic acids is 1. The number of hydrogen-bond acceptors (Lipinski definition) is 12. The normalized spacial score (nSPS) is 13.0. The lowest BCUT2D eigenvalue weighted by molar-refractivity contribution is -0.159. The molecule has 16 nitrogen and oxygen atoms in total. The van der Waals surface area contributed by atoms with Crippen LogP contribution in [0.1, 0.15) is 191 Å². The summed E-state index contributed by atoms with van der Waals surface area (Å²) in [5.74, 6) is -2.58. The van der Waals surface area contributed by atoms with Crippen molar-refractivity contribution in [2.75, 3.05) is 45.7 Å². The predicted molar refractivity (Wildman–Crippen MR) is 252 cm³/mol. The van der Waals surface area contributed by atoms with Gasteiger partial charge in [0.1, 0.15) is 23.9 Å². The zero-order chi connectivity index (χ0) is 48.5. The lowest BCUT2D eigenvalue weighted by Gasteiger charge is -2.32. The topological polar surface area (TPSA) is 231 Å². The van der Waals surface area contributed by atoms with Crippen LogP contribution in [0.4, 0.5) is 0 Å². The maximum absolute atomic E-state index is 13.3. The minimum Gasteiger partial charge on any atom is -0.477 e. The first-order chi connectivity index (χ1) is 29.9. The Bertz CT molecular complexity index is 1390. The molecule has 0 aromatic rings. The van der Waals surface area contributed by atoms with Gasteiger partial charge < -0.3 is 50.0 Å². The molecule has 3 amide bonds. The van der Waals surface area contributed by atoms with Gasteiger partial charge in [-0.3, -0.25) is 18.9 Å². The second-order valence-corrected chi connectivity index (χ2v) is 21.5. The van der Waals surface area contributed by atoms with Crippen molar-refractivity contribution in [3.05, 3.63) is 11.8 Å². The summed E-state index contributed by atoms with van der Waals surface area (Å²) < 4.78 is 41.3. The van der Waals surface area contributed by atoms with Gasteiger partial charge in [0.15, 0.2) is 0 Å². The van der Waals surface area contributed by atoms with Crippen LogP contribution in [-0.2, 0) is 51.8 Å². The molecular formula is C47H89N4O12P. The minimum absolute atomic E-state index is 0.0146. The molecule has 6 N–H and O–H groups in total. The van der Waals surface area contributed by atoms with E-state index in [1.165, 1.54) is 57.4 Å². The maximum Gasteiger partial charge on any atom is 0.351 e. The molecule has 17 heteroatoms. The average Bonchev–Trinajstić information content (AvgIpc) is 3.16. The number of ether oxygens (including phenoxy) is 3. The fourth-order valence-electron chi connectivity index (χ4n) is 6.46. The zero-order valence-corrected chi connectivity index (χ0v) is 42.1. The van der Waals surface area contributed by atoms with Crippen molar-refractivity contribution in [1.29, 1.82) is 0 Å². The standard InChI is InChI=1S/C47H89N4O12P/c1-45(2,3)61-44(57)39(29-30-40(52)50-32-33-59-34-35-60-37-42(54)49-31-25-24-27-38(48)43(55)56)51-41(53)28-23-21-19-17-15-13-11-10-12-14-16-18-20-22-26-36-64(58,62-46(4,5)6)63-47(7,8)9/h27,39H,10-26,28-37,48H2,1-9H3,(H,49,54)(H,50,52)(H,51,53)(H,55,56)/b38-27+/t39-/m0/s1. The zero-order valence-electron chi connectivity index (χ0n) is 41.2. The largest absolute Gasteiger partial charge is 0.477 e. The summed E-state index contributed by atoms with van der Waals surface area (Å²) in [5, 5.41) is 16.9. The molecule has 0 spiro atoms. The van der Waals surface area contributed by atoms with Crippen molar-refractivity contribution in [3.63, 3.8) is 0 Å². The molecule has 0 unspecified atom stereocenters. The number of carboxylic acid groups (broad SMARTS) is 1. The lowest BCUT2D eigenvalue weighted by Crippen LogP contribution is -2.44. The number of nitrogens with two attached hydrogens (primary N) is 1. The van der Waals surface area contributed by atoms with Crippen LogP contribution in [0.2, 0.25) is 0 Å². The lowest BCUT2D eigenvalue weighted by atomic mass is 10.0. The summed E-state index contributed by atoms with van der Waals surface area (Å²) in [5.41, 5.74) is 3.32. The van der Waals surface area contributed by atoms with Gasteiger partial charge in [-0.25, -0.2) is 9.59 Å². The quantitative estimate of drug-likeness (QED) is 0.0169. The third-order valence-electron chi connectivity index (χ3n) is 9.34. The fourth-order valence-corrected chi connectivity index (χ4v) is 8.96. The third-order valence-corrected chi connectivity index (χ3v) is 11.9. The van der Waals surface area contributed by atoms with Gasteiger partial charge in [-0.15, -0.1) is 0 Å². The molecule has 0 saturated carbocycles. The van der Waals surface area contributed by atoms with E-state index in [-0.39, 0.29) is 69.2 Å².